The summed E-state index contributed by atoms with van der Waals surface area (Å²) in [6.07, 6.45) is 2.71. The lowest BCUT2D eigenvalue weighted by atomic mass is 10.2. The summed E-state index contributed by atoms with van der Waals surface area (Å²) in [6.45, 7) is 3.09. The summed E-state index contributed by atoms with van der Waals surface area (Å²) in [5.41, 5.74) is 0.441. The van der Waals surface area contributed by atoms with Crippen molar-refractivity contribution in [3.8, 4) is 0 Å². The molecule has 0 heterocycles. The van der Waals surface area contributed by atoms with Crippen LogP contribution in [-0.2, 0) is 10.0 Å². The molecule has 3 N–H and O–H groups in total. The fourth-order valence-electron chi connectivity index (χ4n) is 1.05. The van der Waals surface area contributed by atoms with E-state index in [1.807, 2.05) is 0 Å². The topological polar surface area (TPSA) is 103 Å². The van der Waals surface area contributed by atoms with Gasteiger partial charge in [-0.3, -0.25) is 0 Å². The molecule has 1 unspecified atom stereocenters. The van der Waals surface area contributed by atoms with Crippen molar-refractivity contribution in [3.63, 3.8) is 0 Å². The standard InChI is InChI=1S/C8H16N2O4S/c1-4-8(10(3,11)12)5-7(2)6-15(9,13)14/h4-5,11H,6H2,1-3H3,(H2,9,13,14)/b7-5+,8-4+. The monoisotopic (exact) mass is 236 g/mol. The Morgan fingerprint density at radius 3 is 2.33 bits per heavy atom. The molecule has 1 atom stereocenters. The van der Waals surface area contributed by atoms with E-state index in [1.54, 1.807) is 6.92 Å². The summed E-state index contributed by atoms with van der Waals surface area (Å²) in [6, 6.07) is 0. The zero-order valence-electron chi connectivity index (χ0n) is 8.97. The van der Waals surface area contributed by atoms with E-state index in [1.165, 1.54) is 19.1 Å². The number of quaternary nitrogens is 1. The van der Waals surface area contributed by atoms with Crippen molar-refractivity contribution < 1.29 is 18.4 Å². The Morgan fingerprint density at radius 2 is 2.07 bits per heavy atom. The van der Waals surface area contributed by atoms with Crippen molar-refractivity contribution in [2.45, 2.75) is 13.8 Å². The molecule has 0 aliphatic heterocycles. The van der Waals surface area contributed by atoms with Crippen LogP contribution in [0.5, 0.6) is 0 Å². The van der Waals surface area contributed by atoms with Gasteiger partial charge in [0.25, 0.3) is 0 Å². The molecule has 0 aliphatic rings. The molecule has 0 amide bonds. The number of sulfonamides is 1. The van der Waals surface area contributed by atoms with E-state index in [9.17, 15) is 13.6 Å². The van der Waals surface area contributed by atoms with Crippen LogP contribution in [0, 0.1) is 5.21 Å². The minimum absolute atomic E-state index is 0.0520. The highest BCUT2D eigenvalue weighted by Gasteiger charge is 2.13. The number of likely N-dealkylation sites (N-methyl/N-ethyl adjacent to an activating group) is 1. The number of rotatable bonds is 4. The van der Waals surface area contributed by atoms with E-state index in [4.69, 9.17) is 10.3 Å². The van der Waals surface area contributed by atoms with Gasteiger partial charge in [0.15, 0.2) is 5.70 Å². The van der Waals surface area contributed by atoms with Gasteiger partial charge >= 0.3 is 0 Å². The van der Waals surface area contributed by atoms with E-state index in [2.05, 4.69) is 0 Å². The van der Waals surface area contributed by atoms with Gasteiger partial charge in [-0.2, -0.15) is 4.81 Å². The zero-order valence-corrected chi connectivity index (χ0v) is 9.78. The van der Waals surface area contributed by atoms with Crippen molar-refractivity contribution in [1.82, 2.24) is 0 Å². The van der Waals surface area contributed by atoms with Crippen molar-refractivity contribution in [3.05, 3.63) is 28.6 Å². The first-order chi connectivity index (χ1) is 6.56. The first kappa shape index (κ1) is 14.3. The predicted octanol–water partition coefficient (Wildman–Crippen LogP) is 0.459. The van der Waals surface area contributed by atoms with Crippen LogP contribution in [0.1, 0.15) is 13.8 Å². The number of primary sulfonamides is 1. The van der Waals surface area contributed by atoms with E-state index in [-0.39, 0.29) is 11.4 Å². The van der Waals surface area contributed by atoms with Crippen LogP contribution >= 0.6 is 0 Å². The van der Waals surface area contributed by atoms with E-state index >= 15 is 0 Å². The SMILES string of the molecule is C/C=C(\C=C(/C)CS(N)(=O)=O)[N+](C)([O-])O. The molecule has 88 valence electrons. The molecule has 0 rings (SSSR count). The maximum absolute atomic E-state index is 11.1. The fraction of sp³-hybridized carbons (Fsp3) is 0.500. The predicted molar refractivity (Wildman–Crippen MR) is 56.8 cm³/mol. The molecule has 7 heteroatoms. The highest BCUT2D eigenvalue weighted by Crippen LogP contribution is 2.12. The third-order valence-electron chi connectivity index (χ3n) is 1.60. The summed E-state index contributed by atoms with van der Waals surface area (Å²) in [4.78, 5) is -1.60. The van der Waals surface area contributed by atoms with Crippen LogP contribution in [0.25, 0.3) is 0 Å². The van der Waals surface area contributed by atoms with E-state index < -0.39 is 14.8 Å². The smallest absolute Gasteiger partial charge is 0.212 e. The van der Waals surface area contributed by atoms with Gasteiger partial charge in [0.05, 0.1) is 5.75 Å². The number of nitrogens with zero attached hydrogens (tertiary/aromatic N) is 1. The number of allylic oxidation sites excluding steroid dienone is 2. The highest BCUT2D eigenvalue weighted by molar-refractivity contribution is 7.89. The molecule has 0 aromatic rings. The van der Waals surface area contributed by atoms with Crippen LogP contribution in [0.4, 0.5) is 0 Å². The van der Waals surface area contributed by atoms with Crippen LogP contribution in [-0.4, -0.2) is 31.2 Å². The van der Waals surface area contributed by atoms with Gasteiger partial charge in [-0.05, 0) is 19.9 Å². The quantitative estimate of drug-likeness (QED) is 0.420. The lowest BCUT2D eigenvalue weighted by Gasteiger charge is -2.29. The first-order valence-electron chi connectivity index (χ1n) is 4.21. The minimum Gasteiger partial charge on any atom is -0.593 e. The summed E-state index contributed by atoms with van der Waals surface area (Å²) in [5.74, 6) is -0.343. The molecule has 0 radical (unpaired) electrons. The Hall–Kier alpha value is -0.730. The lowest BCUT2D eigenvalue weighted by Crippen LogP contribution is -2.31. The first-order valence-corrected chi connectivity index (χ1v) is 5.92. The van der Waals surface area contributed by atoms with E-state index in [0.29, 0.717) is 5.57 Å². The minimum atomic E-state index is -3.61. The molecule has 0 saturated carbocycles. The Morgan fingerprint density at radius 1 is 1.60 bits per heavy atom. The molecule has 0 spiro atoms. The largest absolute Gasteiger partial charge is 0.593 e. The Bertz CT molecular complexity index is 376. The van der Waals surface area contributed by atoms with Gasteiger partial charge in [-0.15, -0.1) is 0 Å². The lowest BCUT2D eigenvalue weighted by molar-refractivity contribution is -1.01. The number of hydrogen-bond donors (Lipinski definition) is 2. The average Bonchev–Trinajstić information content (AvgIpc) is 1.94. The molecular weight excluding hydrogens is 220 g/mol. The van der Waals surface area contributed by atoms with Crippen molar-refractivity contribution in [2.75, 3.05) is 12.8 Å². The summed E-state index contributed by atoms with van der Waals surface area (Å²) in [7, 11) is -2.58. The van der Waals surface area contributed by atoms with Crippen LogP contribution in [0.3, 0.4) is 0 Å². The molecule has 0 fully saturated rings. The van der Waals surface area contributed by atoms with Gasteiger partial charge in [-0.1, -0.05) is 5.57 Å². The van der Waals surface area contributed by atoms with Gasteiger partial charge in [0.2, 0.25) is 10.0 Å². The van der Waals surface area contributed by atoms with Crippen molar-refractivity contribution in [2.24, 2.45) is 5.14 Å². The normalized spacial score (nSPS) is 18.8. The third kappa shape index (κ3) is 6.37. The van der Waals surface area contributed by atoms with Gasteiger partial charge < -0.3 is 5.21 Å². The van der Waals surface area contributed by atoms with Crippen LogP contribution < -0.4 is 5.14 Å². The molecule has 0 aromatic heterocycles. The van der Waals surface area contributed by atoms with Gasteiger partial charge in [-0.25, -0.2) is 18.8 Å². The van der Waals surface area contributed by atoms with Crippen LogP contribution in [0.15, 0.2) is 23.4 Å². The van der Waals surface area contributed by atoms with Crippen molar-refractivity contribution >= 4 is 10.0 Å². The number of hydrogen-bond acceptors (Lipinski definition) is 4. The van der Waals surface area contributed by atoms with Crippen molar-refractivity contribution in [1.29, 1.82) is 0 Å². The highest BCUT2D eigenvalue weighted by atomic mass is 32.2. The Labute approximate surface area is 89.5 Å². The second kappa shape index (κ2) is 4.86. The maximum atomic E-state index is 11.1. The number of nitrogens with two attached hydrogens (primary N) is 1. The van der Waals surface area contributed by atoms with Gasteiger partial charge in [0.1, 0.15) is 7.05 Å². The second-order valence-corrected chi connectivity index (χ2v) is 5.00. The molecule has 0 bridgehead atoms. The zero-order chi connectivity index (χ0) is 12.3. The molecule has 6 nitrogen and oxygen atoms in total. The summed E-state index contributed by atoms with van der Waals surface area (Å²) >= 11 is 0. The van der Waals surface area contributed by atoms with E-state index in [0.717, 1.165) is 7.05 Å². The van der Waals surface area contributed by atoms with Gasteiger partial charge in [0, 0.05) is 6.08 Å². The molecular formula is C8H16N2O4S. The third-order valence-corrected chi connectivity index (χ3v) is 2.46. The molecule has 0 saturated heterocycles. The average molecular weight is 236 g/mol. The Kier molecular flexibility index (Phi) is 4.63. The maximum Gasteiger partial charge on any atom is 0.212 e. The Balaban J connectivity index is 4.90. The fourth-order valence-corrected chi connectivity index (χ4v) is 1.77. The number of hydroxylamine groups is 4. The molecule has 0 aromatic carbocycles. The molecule has 15 heavy (non-hydrogen) atoms. The summed E-state index contributed by atoms with van der Waals surface area (Å²) in [5, 5.41) is 25.1. The summed E-state index contributed by atoms with van der Waals surface area (Å²) < 4.78 is 21.5. The molecule has 0 aliphatic carbocycles. The van der Waals surface area contributed by atoms with Crippen LogP contribution in [0.2, 0.25) is 0 Å². The second-order valence-electron chi connectivity index (χ2n) is 3.39.